The van der Waals surface area contributed by atoms with Crippen LogP contribution >= 0.6 is 11.3 Å². The number of alkyl halides is 3. The molecular weight excluding hydrogens is 293 g/mol. The van der Waals surface area contributed by atoms with Gasteiger partial charge in [0.05, 0.1) is 17.7 Å². The summed E-state index contributed by atoms with van der Waals surface area (Å²) in [5.74, 6) is 0.00429. The fraction of sp³-hybridized carbons (Fsp3) is 0.583. The number of hydrogen-bond acceptors (Lipinski definition) is 5. The van der Waals surface area contributed by atoms with Gasteiger partial charge >= 0.3 is 6.18 Å². The minimum Gasteiger partial charge on any atom is -0.492 e. The largest absolute Gasteiger partial charge is 0.492 e. The van der Waals surface area contributed by atoms with Crippen molar-refractivity contribution in [3.8, 4) is 5.75 Å². The van der Waals surface area contributed by atoms with Crippen molar-refractivity contribution in [2.24, 2.45) is 5.92 Å². The second-order valence-electron chi connectivity index (χ2n) is 4.79. The maximum Gasteiger partial charge on any atom is 0.405 e. The lowest BCUT2D eigenvalue weighted by atomic mass is 10.2. The van der Waals surface area contributed by atoms with E-state index in [9.17, 15) is 18.0 Å². The summed E-state index contributed by atoms with van der Waals surface area (Å²) >= 11 is 0.962. The van der Waals surface area contributed by atoms with E-state index < -0.39 is 12.7 Å². The van der Waals surface area contributed by atoms with Gasteiger partial charge in [0.2, 0.25) is 0 Å². The number of ketones is 1. The van der Waals surface area contributed by atoms with Crippen LogP contribution < -0.4 is 15.4 Å². The first-order valence-electron chi connectivity index (χ1n) is 6.03. The summed E-state index contributed by atoms with van der Waals surface area (Å²) in [5.41, 5.74) is 5.98. The van der Waals surface area contributed by atoms with Gasteiger partial charge in [0.25, 0.3) is 0 Å². The van der Waals surface area contributed by atoms with E-state index in [0.717, 1.165) is 29.1 Å². The molecule has 8 heteroatoms. The van der Waals surface area contributed by atoms with Crippen LogP contribution in [0.4, 0.5) is 23.9 Å². The van der Waals surface area contributed by atoms with Crippen LogP contribution in [0.2, 0.25) is 0 Å². The van der Waals surface area contributed by atoms with Gasteiger partial charge in [0, 0.05) is 13.0 Å². The number of halogens is 3. The van der Waals surface area contributed by atoms with Crippen molar-refractivity contribution in [3.05, 3.63) is 4.88 Å². The molecule has 20 heavy (non-hydrogen) atoms. The highest BCUT2D eigenvalue weighted by molar-refractivity contribution is 7.19. The Morgan fingerprint density at radius 3 is 2.55 bits per heavy atom. The van der Waals surface area contributed by atoms with Crippen LogP contribution in [0, 0.1) is 5.92 Å². The van der Waals surface area contributed by atoms with Gasteiger partial charge in [0.1, 0.15) is 11.5 Å². The van der Waals surface area contributed by atoms with Gasteiger partial charge in [-0.1, -0.05) is 0 Å². The number of nitrogen functional groups attached to an aromatic ring is 1. The van der Waals surface area contributed by atoms with Crippen molar-refractivity contribution in [2.75, 3.05) is 31.3 Å². The summed E-state index contributed by atoms with van der Waals surface area (Å²) in [5, 5.41) is 0.228. The Morgan fingerprint density at radius 2 is 2.10 bits per heavy atom. The molecule has 1 aliphatic carbocycles. The Kier molecular flexibility index (Phi) is 3.86. The zero-order valence-corrected chi connectivity index (χ0v) is 11.9. The third kappa shape index (κ3) is 3.00. The first-order valence-corrected chi connectivity index (χ1v) is 6.84. The quantitative estimate of drug-likeness (QED) is 0.850. The lowest BCUT2D eigenvalue weighted by Crippen LogP contribution is -2.30. The van der Waals surface area contributed by atoms with Crippen LogP contribution in [0.15, 0.2) is 0 Å². The number of ether oxygens (including phenoxy) is 1. The average molecular weight is 308 g/mol. The molecule has 4 nitrogen and oxygen atoms in total. The van der Waals surface area contributed by atoms with Gasteiger partial charge in [0.15, 0.2) is 11.5 Å². The second-order valence-corrected chi connectivity index (χ2v) is 5.79. The molecule has 1 fully saturated rings. The van der Waals surface area contributed by atoms with Crippen LogP contribution in [0.25, 0.3) is 0 Å². The fourth-order valence-corrected chi connectivity index (χ4v) is 3.09. The Labute approximate surface area is 118 Å². The fourth-order valence-electron chi connectivity index (χ4n) is 1.92. The van der Waals surface area contributed by atoms with Gasteiger partial charge < -0.3 is 15.4 Å². The van der Waals surface area contributed by atoms with E-state index in [1.54, 1.807) is 0 Å². The van der Waals surface area contributed by atoms with Crippen molar-refractivity contribution in [1.82, 2.24) is 0 Å². The Balaban J connectivity index is 2.32. The number of rotatable bonds is 5. The summed E-state index contributed by atoms with van der Waals surface area (Å²) in [6.45, 7) is -1.12. The summed E-state index contributed by atoms with van der Waals surface area (Å²) in [6.07, 6.45) is -2.71. The minimum atomic E-state index is -4.33. The van der Waals surface area contributed by atoms with E-state index in [4.69, 9.17) is 10.5 Å². The van der Waals surface area contributed by atoms with E-state index in [1.165, 1.54) is 14.2 Å². The van der Waals surface area contributed by atoms with Crippen LogP contribution in [0.1, 0.15) is 22.5 Å². The summed E-state index contributed by atoms with van der Waals surface area (Å²) < 4.78 is 42.4. The molecule has 0 saturated heterocycles. The zero-order valence-electron chi connectivity index (χ0n) is 11.1. The first kappa shape index (κ1) is 15.0. The highest BCUT2D eigenvalue weighted by Gasteiger charge is 2.36. The zero-order chi connectivity index (χ0) is 15.1. The third-order valence-electron chi connectivity index (χ3n) is 3.02. The van der Waals surface area contributed by atoms with E-state index in [2.05, 4.69) is 0 Å². The van der Waals surface area contributed by atoms with E-state index in [1.807, 2.05) is 0 Å². The molecule has 1 heterocycles. The smallest absolute Gasteiger partial charge is 0.405 e. The summed E-state index contributed by atoms with van der Waals surface area (Å²) in [7, 11) is 2.63. The molecule has 0 radical (unpaired) electrons. The number of nitrogens with zero attached hydrogens (tertiary/aromatic N) is 1. The van der Waals surface area contributed by atoms with Gasteiger partial charge in [-0.25, -0.2) is 0 Å². The van der Waals surface area contributed by atoms with Gasteiger partial charge in [-0.05, 0) is 12.8 Å². The van der Waals surface area contributed by atoms with E-state index in [0.29, 0.717) is 4.88 Å². The number of Topliss-reactive ketones (excluding diaryl/α,β-unsaturated/α-hetero) is 1. The predicted octanol–water partition coefficient (Wildman–Crippen LogP) is 2.93. The molecule has 0 spiro atoms. The molecular formula is C12H15F3N2O2S. The van der Waals surface area contributed by atoms with Crippen molar-refractivity contribution in [3.63, 3.8) is 0 Å². The van der Waals surface area contributed by atoms with E-state index in [-0.39, 0.29) is 28.1 Å². The molecule has 0 amide bonds. The first-order chi connectivity index (χ1) is 9.24. The Hall–Kier alpha value is -1.44. The topological polar surface area (TPSA) is 55.6 Å². The van der Waals surface area contributed by atoms with Gasteiger partial charge in [-0.15, -0.1) is 11.3 Å². The van der Waals surface area contributed by atoms with Crippen LogP contribution in [-0.4, -0.2) is 32.7 Å². The molecule has 0 unspecified atom stereocenters. The lowest BCUT2D eigenvalue weighted by Gasteiger charge is -2.20. The van der Waals surface area contributed by atoms with Crippen molar-refractivity contribution in [1.29, 1.82) is 0 Å². The van der Waals surface area contributed by atoms with Crippen LogP contribution in [-0.2, 0) is 0 Å². The monoisotopic (exact) mass is 308 g/mol. The van der Waals surface area contributed by atoms with Crippen molar-refractivity contribution >= 4 is 27.8 Å². The SMILES string of the molecule is COc1c(N(C)CC(F)(F)F)sc(C(=O)C2CC2)c1N. The third-order valence-corrected chi connectivity index (χ3v) is 4.34. The number of hydrogen-bond donors (Lipinski definition) is 1. The highest BCUT2D eigenvalue weighted by Crippen LogP contribution is 2.47. The molecule has 2 rings (SSSR count). The minimum absolute atomic E-state index is 0.0403. The highest BCUT2D eigenvalue weighted by atomic mass is 32.1. The second kappa shape index (κ2) is 5.16. The molecule has 0 aromatic carbocycles. The number of anilines is 2. The maximum atomic E-state index is 12.5. The van der Waals surface area contributed by atoms with Crippen molar-refractivity contribution in [2.45, 2.75) is 19.0 Å². The number of carbonyl (C=O) groups excluding carboxylic acids is 1. The summed E-state index contributed by atoms with van der Waals surface area (Å²) in [4.78, 5) is 13.4. The number of methoxy groups -OCH3 is 1. The van der Waals surface area contributed by atoms with Crippen molar-refractivity contribution < 1.29 is 22.7 Å². The van der Waals surface area contributed by atoms with Gasteiger partial charge in [-0.2, -0.15) is 13.2 Å². The molecule has 0 atom stereocenters. The van der Waals surface area contributed by atoms with Crippen LogP contribution in [0.5, 0.6) is 5.75 Å². The Bertz CT molecular complexity index is 524. The summed E-state index contributed by atoms with van der Waals surface area (Å²) in [6, 6.07) is 0. The molecule has 1 aliphatic rings. The molecule has 0 bridgehead atoms. The predicted molar refractivity (Wildman–Crippen MR) is 71.7 cm³/mol. The number of nitrogens with two attached hydrogens (primary N) is 1. The van der Waals surface area contributed by atoms with Gasteiger partial charge in [-0.3, -0.25) is 4.79 Å². The average Bonchev–Trinajstić information content (AvgIpc) is 3.10. The molecule has 1 aromatic rings. The standard InChI is InChI=1S/C12H15F3N2O2S/c1-17(5-12(13,14)15)11-9(19-2)7(16)10(20-11)8(18)6-3-4-6/h6H,3-5,16H2,1-2H3. The number of carbonyl (C=O) groups is 1. The molecule has 112 valence electrons. The van der Waals surface area contributed by atoms with E-state index >= 15 is 0 Å². The van der Waals surface area contributed by atoms with Crippen LogP contribution in [0.3, 0.4) is 0 Å². The molecule has 1 aromatic heterocycles. The number of thiophene rings is 1. The molecule has 1 saturated carbocycles. The molecule has 2 N–H and O–H groups in total. The normalized spacial score (nSPS) is 15.2. The lowest BCUT2D eigenvalue weighted by molar-refractivity contribution is -0.119. The molecule has 0 aliphatic heterocycles. The Morgan fingerprint density at radius 1 is 1.50 bits per heavy atom. The maximum absolute atomic E-state index is 12.5.